The normalized spacial score (nSPS) is 12.3. The molecule has 100 valence electrons. The van der Waals surface area contributed by atoms with Gasteiger partial charge in [-0.15, -0.1) is 0 Å². The minimum Gasteiger partial charge on any atom is -0.268 e. The fraction of sp³-hybridized carbons (Fsp3) is 0.125. The molecule has 10 heteroatoms. The minimum absolute atomic E-state index is 0.181. The third-order valence-electron chi connectivity index (χ3n) is 1.71. The Balaban J connectivity index is 3.00. The Morgan fingerprint density at radius 2 is 1.83 bits per heavy atom. The molecule has 18 heavy (non-hydrogen) atoms. The molecule has 4 nitrogen and oxygen atoms in total. The third-order valence-corrected chi connectivity index (χ3v) is 3.38. The fourth-order valence-electron chi connectivity index (χ4n) is 0.876. The highest BCUT2D eigenvalue weighted by Crippen LogP contribution is 2.22. The Morgan fingerprint density at radius 3 is 2.28 bits per heavy atom. The molecule has 1 aromatic rings. The Morgan fingerprint density at radius 1 is 1.28 bits per heavy atom. The molecule has 0 fully saturated rings. The number of halogens is 5. The number of carbonyl (C=O) groups excluding carboxylic acids is 1. The summed E-state index contributed by atoms with van der Waals surface area (Å²) in [7, 11) is -5.78. The molecule has 0 saturated carbocycles. The zero-order valence-electron chi connectivity index (χ0n) is 8.25. The van der Waals surface area contributed by atoms with Crippen molar-refractivity contribution in [1.82, 2.24) is 4.72 Å². The summed E-state index contributed by atoms with van der Waals surface area (Å²) >= 11 is 2.71. The number of amides is 1. The monoisotopic (exact) mass is 349 g/mol. The summed E-state index contributed by atoms with van der Waals surface area (Å²) in [6.45, 7) is 0. The van der Waals surface area contributed by atoms with Crippen LogP contribution in [-0.2, 0) is 10.0 Å². The number of nitrogens with one attached hydrogen (secondary N) is 1. The smallest absolute Gasteiger partial charge is 0.268 e. The summed E-state index contributed by atoms with van der Waals surface area (Å²) in [5.74, 6) is -2.25. The van der Waals surface area contributed by atoms with Crippen molar-refractivity contribution >= 4 is 31.9 Å². The van der Waals surface area contributed by atoms with Gasteiger partial charge in [-0.1, -0.05) is 0 Å². The van der Waals surface area contributed by atoms with E-state index in [4.69, 9.17) is 0 Å². The predicted molar refractivity (Wildman–Crippen MR) is 56.5 cm³/mol. The van der Waals surface area contributed by atoms with E-state index in [1.807, 2.05) is 0 Å². The van der Waals surface area contributed by atoms with E-state index in [0.717, 1.165) is 22.9 Å². The van der Waals surface area contributed by atoms with Crippen LogP contribution in [-0.4, -0.2) is 19.8 Å². The number of carbonyl (C=O) groups is 1. The molecule has 1 N–H and O–H groups in total. The van der Waals surface area contributed by atoms with Gasteiger partial charge in [0, 0.05) is 5.56 Å². The van der Waals surface area contributed by atoms with Crippen molar-refractivity contribution in [2.75, 3.05) is 0 Å². The van der Waals surface area contributed by atoms with Gasteiger partial charge in [0.2, 0.25) is 0 Å². The highest BCUT2D eigenvalue weighted by Gasteiger charge is 2.47. The van der Waals surface area contributed by atoms with Gasteiger partial charge in [0.15, 0.2) is 0 Å². The van der Waals surface area contributed by atoms with Crippen LogP contribution in [0.2, 0.25) is 0 Å². The number of alkyl halides is 3. The predicted octanol–water partition coefficient (Wildman–Crippen LogP) is 2.17. The molecule has 1 aromatic carbocycles. The fourth-order valence-corrected chi connectivity index (χ4v) is 1.73. The second kappa shape index (κ2) is 4.84. The van der Waals surface area contributed by atoms with Gasteiger partial charge in [0.25, 0.3) is 5.91 Å². The zero-order chi connectivity index (χ0) is 14.1. The molecule has 0 radical (unpaired) electrons. The lowest BCUT2D eigenvalue weighted by atomic mass is 10.2. The summed E-state index contributed by atoms with van der Waals surface area (Å²) < 4.78 is 70.7. The molecule has 0 spiro atoms. The van der Waals surface area contributed by atoms with Crippen LogP contribution in [0.4, 0.5) is 17.6 Å². The Hall–Kier alpha value is -1.16. The van der Waals surface area contributed by atoms with Gasteiger partial charge in [-0.05, 0) is 34.1 Å². The van der Waals surface area contributed by atoms with Crippen molar-refractivity contribution in [3.05, 3.63) is 34.1 Å². The topological polar surface area (TPSA) is 63.2 Å². The van der Waals surface area contributed by atoms with Crippen molar-refractivity contribution in [2.45, 2.75) is 5.51 Å². The maximum atomic E-state index is 12.8. The summed E-state index contributed by atoms with van der Waals surface area (Å²) in [4.78, 5) is 11.2. The minimum atomic E-state index is -5.78. The first kappa shape index (κ1) is 14.9. The summed E-state index contributed by atoms with van der Waals surface area (Å²) in [5.41, 5.74) is -6.03. The van der Waals surface area contributed by atoms with E-state index in [2.05, 4.69) is 15.9 Å². The van der Waals surface area contributed by atoms with Crippen LogP contribution < -0.4 is 4.72 Å². The standard InChI is InChI=1S/C8H4BrF4NO3S/c9-5-3-4(1-2-6(5)10)7(15)14-18(16,17)8(11,12)13/h1-3H,(H,14,15). The molecular formula is C8H4BrF4NO3S. The maximum absolute atomic E-state index is 12.8. The molecular weight excluding hydrogens is 346 g/mol. The molecule has 0 unspecified atom stereocenters. The van der Waals surface area contributed by atoms with Gasteiger partial charge < -0.3 is 0 Å². The molecule has 0 aliphatic rings. The van der Waals surface area contributed by atoms with Crippen LogP contribution in [0.25, 0.3) is 0 Å². The van der Waals surface area contributed by atoms with E-state index in [1.165, 1.54) is 0 Å². The van der Waals surface area contributed by atoms with Crippen LogP contribution in [0.15, 0.2) is 22.7 Å². The van der Waals surface area contributed by atoms with E-state index in [0.29, 0.717) is 0 Å². The second-order valence-electron chi connectivity index (χ2n) is 3.01. The van der Waals surface area contributed by atoms with Crippen LogP contribution in [0.3, 0.4) is 0 Å². The first-order chi connectivity index (χ1) is 8.04. The largest absolute Gasteiger partial charge is 0.516 e. The Bertz CT molecular complexity index is 584. The summed E-state index contributed by atoms with van der Waals surface area (Å²) in [6.07, 6.45) is 0. The number of sulfonamides is 1. The van der Waals surface area contributed by atoms with Crippen molar-refractivity contribution in [1.29, 1.82) is 0 Å². The molecule has 1 rings (SSSR count). The molecule has 1 amide bonds. The lowest BCUT2D eigenvalue weighted by molar-refractivity contribution is -0.0446. The molecule has 0 saturated heterocycles. The number of rotatable bonds is 2. The van der Waals surface area contributed by atoms with Gasteiger partial charge in [0.1, 0.15) is 5.82 Å². The second-order valence-corrected chi connectivity index (χ2v) is 5.54. The number of hydrogen-bond acceptors (Lipinski definition) is 3. The Kier molecular flexibility index (Phi) is 4.01. The average Bonchev–Trinajstić information content (AvgIpc) is 2.19. The maximum Gasteiger partial charge on any atom is 0.516 e. The van der Waals surface area contributed by atoms with Gasteiger partial charge in [0.05, 0.1) is 4.47 Å². The highest BCUT2D eigenvalue weighted by atomic mass is 79.9. The van der Waals surface area contributed by atoms with E-state index >= 15 is 0 Å². The van der Waals surface area contributed by atoms with E-state index < -0.39 is 32.8 Å². The van der Waals surface area contributed by atoms with E-state index in [1.54, 1.807) is 0 Å². The SMILES string of the molecule is O=C(NS(=O)(=O)C(F)(F)F)c1ccc(F)c(Br)c1. The van der Waals surface area contributed by atoms with Crippen LogP contribution in [0.1, 0.15) is 10.4 Å². The molecule has 0 heterocycles. The van der Waals surface area contributed by atoms with Crippen LogP contribution >= 0.6 is 15.9 Å². The van der Waals surface area contributed by atoms with E-state index in [9.17, 15) is 30.8 Å². The average molecular weight is 350 g/mol. The van der Waals surface area contributed by atoms with Crippen LogP contribution in [0.5, 0.6) is 0 Å². The van der Waals surface area contributed by atoms with E-state index in [-0.39, 0.29) is 4.47 Å². The van der Waals surface area contributed by atoms with Crippen molar-refractivity contribution in [3.8, 4) is 0 Å². The van der Waals surface area contributed by atoms with Crippen LogP contribution in [0, 0.1) is 5.82 Å². The Labute approximate surface area is 107 Å². The summed E-state index contributed by atoms with van der Waals surface area (Å²) in [6, 6.07) is 2.51. The lowest BCUT2D eigenvalue weighted by Crippen LogP contribution is -2.40. The number of benzene rings is 1. The third kappa shape index (κ3) is 3.19. The van der Waals surface area contributed by atoms with Gasteiger partial charge in [-0.2, -0.15) is 21.6 Å². The highest BCUT2D eigenvalue weighted by molar-refractivity contribution is 9.10. The molecule has 0 aliphatic heterocycles. The summed E-state index contributed by atoms with van der Waals surface area (Å²) in [5, 5.41) is 0. The quantitative estimate of drug-likeness (QED) is 0.832. The van der Waals surface area contributed by atoms with Crippen molar-refractivity contribution in [2.24, 2.45) is 0 Å². The molecule has 0 atom stereocenters. The van der Waals surface area contributed by atoms with Gasteiger partial charge >= 0.3 is 15.5 Å². The number of hydrogen-bond donors (Lipinski definition) is 1. The lowest BCUT2D eigenvalue weighted by Gasteiger charge is -2.09. The molecule has 0 aliphatic carbocycles. The zero-order valence-corrected chi connectivity index (χ0v) is 10.7. The molecule has 0 bridgehead atoms. The van der Waals surface area contributed by atoms with Gasteiger partial charge in [-0.3, -0.25) is 4.79 Å². The van der Waals surface area contributed by atoms with Gasteiger partial charge in [-0.25, -0.2) is 9.11 Å². The van der Waals surface area contributed by atoms with Crippen molar-refractivity contribution < 1.29 is 30.8 Å². The van der Waals surface area contributed by atoms with Crippen molar-refractivity contribution in [3.63, 3.8) is 0 Å². The first-order valence-electron chi connectivity index (χ1n) is 4.13. The molecule has 0 aromatic heterocycles. The first-order valence-corrected chi connectivity index (χ1v) is 6.40.